The van der Waals surface area contributed by atoms with Crippen LogP contribution < -0.4 is 11.3 Å². The van der Waals surface area contributed by atoms with Gasteiger partial charge in [-0.3, -0.25) is 4.79 Å². The summed E-state index contributed by atoms with van der Waals surface area (Å²) in [5.41, 5.74) is 11.5. The number of imidazole rings is 1. The first kappa shape index (κ1) is 22.1. The summed E-state index contributed by atoms with van der Waals surface area (Å²) in [5, 5.41) is 4.58. The molecular weight excluding hydrogens is 442 g/mol. The zero-order valence-electron chi connectivity index (χ0n) is 19.1. The molecule has 0 fully saturated rings. The van der Waals surface area contributed by atoms with Crippen molar-refractivity contribution in [2.75, 3.05) is 12.8 Å². The number of nitrogens with zero attached hydrogens (tertiary/aromatic N) is 4. The molecule has 0 amide bonds. The number of carbonyl (C=O) groups excluding carboxylic acids is 1. The minimum absolute atomic E-state index is 0.231. The minimum atomic E-state index is -0.427. The molecule has 0 aliphatic carbocycles. The van der Waals surface area contributed by atoms with E-state index >= 15 is 0 Å². The number of fused-ring (bicyclic) bond motifs is 1. The lowest BCUT2D eigenvalue weighted by Gasteiger charge is -2.11. The largest absolute Gasteiger partial charge is 0.465 e. The maximum Gasteiger partial charge on any atom is 0.337 e. The maximum atomic E-state index is 12.5. The molecule has 5 rings (SSSR count). The molecule has 2 aromatic heterocycles. The summed E-state index contributed by atoms with van der Waals surface area (Å²) >= 11 is 0. The third kappa shape index (κ3) is 4.54. The topological polar surface area (TPSA) is 105 Å². The van der Waals surface area contributed by atoms with Crippen molar-refractivity contribution in [3.05, 3.63) is 112 Å². The number of carbonyl (C=O) groups is 1. The molecule has 0 spiro atoms. The number of nitrogen functional groups attached to an aromatic ring is 1. The molecule has 0 aliphatic heterocycles. The van der Waals surface area contributed by atoms with Gasteiger partial charge in [0.1, 0.15) is 0 Å². The van der Waals surface area contributed by atoms with E-state index in [2.05, 4.69) is 10.1 Å². The number of anilines is 1. The molecule has 35 heavy (non-hydrogen) atoms. The molecule has 0 aliphatic rings. The van der Waals surface area contributed by atoms with Crippen molar-refractivity contribution in [1.82, 2.24) is 19.3 Å². The molecular formula is C27H23N5O3. The number of benzene rings is 3. The van der Waals surface area contributed by atoms with Crippen LogP contribution in [-0.4, -0.2) is 32.4 Å². The quantitative estimate of drug-likeness (QED) is 0.383. The van der Waals surface area contributed by atoms with Crippen molar-refractivity contribution in [1.29, 1.82) is 0 Å². The Balaban J connectivity index is 1.44. The summed E-state index contributed by atoms with van der Waals surface area (Å²) in [6.45, 7) is 0.787. The Labute approximate surface area is 201 Å². The van der Waals surface area contributed by atoms with Gasteiger partial charge >= 0.3 is 5.97 Å². The molecule has 174 valence electrons. The molecule has 0 unspecified atom stereocenters. The van der Waals surface area contributed by atoms with E-state index in [1.54, 1.807) is 24.3 Å². The molecule has 0 atom stereocenters. The van der Waals surface area contributed by atoms with E-state index in [1.165, 1.54) is 17.9 Å². The zero-order valence-corrected chi connectivity index (χ0v) is 19.1. The molecule has 2 heterocycles. The van der Waals surface area contributed by atoms with Crippen LogP contribution in [0.15, 0.2) is 89.7 Å². The average Bonchev–Trinajstić information content (AvgIpc) is 3.20. The molecule has 0 saturated heterocycles. The van der Waals surface area contributed by atoms with Crippen molar-refractivity contribution in [2.24, 2.45) is 0 Å². The highest BCUT2D eigenvalue weighted by Gasteiger charge is 2.11. The van der Waals surface area contributed by atoms with Gasteiger partial charge < -0.3 is 15.0 Å². The highest BCUT2D eigenvalue weighted by atomic mass is 16.5. The Hall–Kier alpha value is -4.72. The summed E-state index contributed by atoms with van der Waals surface area (Å²) in [5.74, 6) is 0.0292. The fourth-order valence-corrected chi connectivity index (χ4v) is 4.08. The number of nitrogens with two attached hydrogens (primary N) is 1. The van der Waals surface area contributed by atoms with E-state index < -0.39 is 5.97 Å². The second kappa shape index (κ2) is 9.26. The van der Waals surface area contributed by atoms with E-state index in [4.69, 9.17) is 10.5 Å². The summed E-state index contributed by atoms with van der Waals surface area (Å²) in [4.78, 5) is 28.8. The van der Waals surface area contributed by atoms with Gasteiger partial charge in [-0.05, 0) is 47.5 Å². The number of rotatable bonds is 6. The third-order valence-electron chi connectivity index (χ3n) is 5.79. The Morgan fingerprint density at radius 1 is 0.914 bits per heavy atom. The predicted molar refractivity (Wildman–Crippen MR) is 134 cm³/mol. The van der Waals surface area contributed by atoms with Crippen LogP contribution in [0, 0.1) is 0 Å². The number of para-hydroxylation sites is 2. The molecule has 3 aromatic carbocycles. The Morgan fingerprint density at radius 3 is 2.51 bits per heavy atom. The maximum absolute atomic E-state index is 12.5. The Morgan fingerprint density at radius 2 is 1.69 bits per heavy atom. The van der Waals surface area contributed by atoms with Crippen LogP contribution in [0.5, 0.6) is 0 Å². The molecule has 0 saturated carbocycles. The average molecular weight is 466 g/mol. The van der Waals surface area contributed by atoms with Crippen LogP contribution in [0.2, 0.25) is 0 Å². The van der Waals surface area contributed by atoms with E-state index in [-0.39, 0.29) is 12.1 Å². The summed E-state index contributed by atoms with van der Waals surface area (Å²) in [7, 11) is 1.34. The number of hydrogen-bond donors (Lipinski definition) is 1. The fourth-order valence-electron chi connectivity index (χ4n) is 4.08. The number of aromatic nitrogens is 4. The highest BCUT2D eigenvalue weighted by Crippen LogP contribution is 2.22. The van der Waals surface area contributed by atoms with Crippen molar-refractivity contribution < 1.29 is 9.53 Å². The van der Waals surface area contributed by atoms with E-state index in [0.717, 1.165) is 27.7 Å². The third-order valence-corrected chi connectivity index (χ3v) is 5.79. The van der Waals surface area contributed by atoms with Gasteiger partial charge in [0.15, 0.2) is 0 Å². The van der Waals surface area contributed by atoms with Crippen LogP contribution in [0.3, 0.4) is 0 Å². The molecule has 8 heteroatoms. The van der Waals surface area contributed by atoms with Crippen molar-refractivity contribution in [3.63, 3.8) is 0 Å². The van der Waals surface area contributed by atoms with Crippen molar-refractivity contribution >= 4 is 23.0 Å². The molecule has 0 bridgehead atoms. The van der Waals surface area contributed by atoms with Gasteiger partial charge in [-0.25, -0.2) is 14.5 Å². The lowest BCUT2D eigenvalue weighted by molar-refractivity contribution is 0.0600. The molecule has 8 nitrogen and oxygen atoms in total. The van der Waals surface area contributed by atoms with Gasteiger partial charge in [-0.2, -0.15) is 5.10 Å². The number of hydrogen-bond acceptors (Lipinski definition) is 6. The van der Waals surface area contributed by atoms with E-state index in [9.17, 15) is 9.59 Å². The first-order chi connectivity index (χ1) is 17.0. The fraction of sp³-hybridized carbons (Fsp3) is 0.111. The Bertz CT molecular complexity index is 1600. The molecule has 2 N–H and O–H groups in total. The summed E-state index contributed by atoms with van der Waals surface area (Å²) in [6.07, 6.45) is 0. The van der Waals surface area contributed by atoms with Crippen LogP contribution in [0.25, 0.3) is 22.3 Å². The normalized spacial score (nSPS) is 11.0. The molecule has 5 aromatic rings. The van der Waals surface area contributed by atoms with Crippen molar-refractivity contribution in [3.8, 4) is 11.3 Å². The zero-order chi connectivity index (χ0) is 24.4. The van der Waals surface area contributed by atoms with Crippen LogP contribution in [0.1, 0.15) is 21.5 Å². The second-order valence-electron chi connectivity index (χ2n) is 8.15. The first-order valence-corrected chi connectivity index (χ1v) is 11.1. The number of esters is 1. The van der Waals surface area contributed by atoms with Gasteiger partial charge in [0.05, 0.1) is 42.5 Å². The highest BCUT2D eigenvalue weighted by molar-refractivity contribution is 5.89. The minimum Gasteiger partial charge on any atom is -0.465 e. The van der Waals surface area contributed by atoms with Gasteiger partial charge in [0.25, 0.3) is 5.56 Å². The lowest BCUT2D eigenvalue weighted by Crippen LogP contribution is -2.23. The summed E-state index contributed by atoms with van der Waals surface area (Å²) in [6, 6.07) is 26.0. The van der Waals surface area contributed by atoms with Gasteiger partial charge in [-0.15, -0.1) is 0 Å². The second-order valence-corrected chi connectivity index (χ2v) is 8.15. The summed E-state index contributed by atoms with van der Waals surface area (Å²) < 4.78 is 8.14. The first-order valence-electron chi connectivity index (χ1n) is 11.1. The predicted octanol–water partition coefficient (Wildman–Crippen LogP) is 3.73. The van der Waals surface area contributed by atoms with Gasteiger partial charge in [0, 0.05) is 11.6 Å². The standard InChI is InChI=1S/C27H23N5O3/c1-35-26(34)21-9-5-7-19(15-21)17-32-25(33)13-12-22(30-32)20-8-4-6-18(14-20)16-31-24-11-3-2-10-23(24)29-27(31)28/h2-15H,16-17H2,1H3,(H2,28,29). The smallest absolute Gasteiger partial charge is 0.337 e. The van der Waals surface area contributed by atoms with Crippen LogP contribution >= 0.6 is 0 Å². The SMILES string of the molecule is COC(=O)c1cccc(Cn2nc(-c3cccc(Cn4c(N)nc5ccccc54)c3)ccc2=O)c1. The Kier molecular flexibility index (Phi) is 5.85. The lowest BCUT2D eigenvalue weighted by atomic mass is 10.1. The van der Waals surface area contributed by atoms with E-state index in [1.807, 2.05) is 59.2 Å². The van der Waals surface area contributed by atoms with Crippen LogP contribution in [0.4, 0.5) is 5.95 Å². The van der Waals surface area contributed by atoms with Crippen molar-refractivity contribution in [2.45, 2.75) is 13.1 Å². The number of methoxy groups -OCH3 is 1. The van der Waals surface area contributed by atoms with Gasteiger partial charge in [0.2, 0.25) is 5.95 Å². The van der Waals surface area contributed by atoms with Gasteiger partial charge in [-0.1, -0.05) is 42.5 Å². The number of ether oxygens (including phenoxy) is 1. The monoisotopic (exact) mass is 465 g/mol. The van der Waals surface area contributed by atoms with Crippen LogP contribution in [-0.2, 0) is 17.8 Å². The molecule has 0 radical (unpaired) electrons. The van der Waals surface area contributed by atoms with E-state index in [0.29, 0.717) is 23.8 Å².